The minimum atomic E-state index is -0.327. The molecule has 0 aliphatic carbocycles. The quantitative estimate of drug-likeness (QED) is 0.759. The molecule has 0 aliphatic rings. The fourth-order valence-electron chi connectivity index (χ4n) is 1.43. The van der Waals surface area contributed by atoms with Crippen LogP contribution >= 0.6 is 0 Å². The van der Waals surface area contributed by atoms with Gasteiger partial charge in [-0.25, -0.2) is 4.39 Å². The lowest BCUT2D eigenvalue weighted by Gasteiger charge is -2.04. The Labute approximate surface area is 98.4 Å². The molecule has 0 N–H and O–H groups in total. The molecule has 2 aromatic rings. The number of hydrogen-bond acceptors (Lipinski definition) is 2. The van der Waals surface area contributed by atoms with E-state index in [4.69, 9.17) is 4.74 Å². The normalized spacial score (nSPS) is 10.2. The van der Waals surface area contributed by atoms with E-state index in [1.807, 2.05) is 7.05 Å². The maximum Gasteiger partial charge on any atom is 0.201 e. The number of hydrogen-bond donors (Lipinski definition) is 0. The Morgan fingerprint density at radius 3 is 2.59 bits per heavy atom. The highest BCUT2D eigenvalue weighted by Crippen LogP contribution is 2.11. The molecule has 0 atom stereocenters. The monoisotopic (exact) mass is 233 g/mol. The third-order valence-corrected chi connectivity index (χ3v) is 2.34. The number of aromatic nitrogens is 1. The number of carbonyl (C=O) groups excluding carboxylic acids is 1. The van der Waals surface area contributed by atoms with Crippen molar-refractivity contribution in [2.75, 3.05) is 6.61 Å². The highest BCUT2D eigenvalue weighted by Gasteiger charge is 2.07. The van der Waals surface area contributed by atoms with Gasteiger partial charge in [-0.3, -0.25) is 4.79 Å². The molecule has 0 fully saturated rings. The maximum atomic E-state index is 12.6. The van der Waals surface area contributed by atoms with Gasteiger partial charge in [-0.2, -0.15) is 0 Å². The molecule has 3 nitrogen and oxygen atoms in total. The van der Waals surface area contributed by atoms with Gasteiger partial charge in [0.15, 0.2) is 6.61 Å². The average Bonchev–Trinajstić information content (AvgIpc) is 2.75. The molecule has 0 aliphatic heterocycles. The summed E-state index contributed by atoms with van der Waals surface area (Å²) >= 11 is 0. The van der Waals surface area contributed by atoms with Crippen LogP contribution in [0, 0.1) is 5.82 Å². The van der Waals surface area contributed by atoms with E-state index in [9.17, 15) is 9.18 Å². The number of carbonyl (C=O) groups is 1. The second-order valence-electron chi connectivity index (χ2n) is 3.73. The number of ketones is 1. The third kappa shape index (κ3) is 2.93. The third-order valence-electron chi connectivity index (χ3n) is 2.34. The van der Waals surface area contributed by atoms with Crippen molar-refractivity contribution >= 4 is 5.78 Å². The summed E-state index contributed by atoms with van der Waals surface area (Å²) in [4.78, 5) is 11.7. The van der Waals surface area contributed by atoms with Crippen molar-refractivity contribution in [3.8, 4) is 5.75 Å². The van der Waals surface area contributed by atoms with Gasteiger partial charge in [0.2, 0.25) is 5.78 Å². The van der Waals surface area contributed by atoms with E-state index >= 15 is 0 Å². The number of aryl methyl sites for hydroxylation is 1. The first kappa shape index (κ1) is 11.4. The number of nitrogens with zero attached hydrogens (tertiary/aromatic N) is 1. The molecule has 0 saturated heterocycles. The molecule has 0 radical (unpaired) electrons. The van der Waals surface area contributed by atoms with E-state index in [0.29, 0.717) is 11.3 Å². The Hall–Kier alpha value is -2.10. The summed E-state index contributed by atoms with van der Waals surface area (Å²) in [6.45, 7) is -0.0460. The Bertz CT molecular complexity index is 516. The van der Waals surface area contributed by atoms with Crippen molar-refractivity contribution < 1.29 is 13.9 Å². The average molecular weight is 233 g/mol. The van der Waals surface area contributed by atoms with Crippen LogP contribution in [0.5, 0.6) is 5.75 Å². The molecule has 4 heteroatoms. The molecule has 0 unspecified atom stereocenters. The summed E-state index contributed by atoms with van der Waals surface area (Å²) in [5.74, 6) is 0.0531. The highest BCUT2D eigenvalue weighted by atomic mass is 19.1. The topological polar surface area (TPSA) is 31.2 Å². The summed E-state index contributed by atoms with van der Waals surface area (Å²) in [5, 5.41) is 0. The molecule has 0 bridgehead atoms. The predicted octanol–water partition coefficient (Wildman–Crippen LogP) is 2.43. The van der Waals surface area contributed by atoms with Gasteiger partial charge in [0.05, 0.1) is 0 Å². The van der Waals surface area contributed by atoms with Crippen molar-refractivity contribution in [3.05, 3.63) is 54.1 Å². The molecule has 1 aromatic heterocycles. The minimum absolute atomic E-state index is 0.0460. The zero-order chi connectivity index (χ0) is 12.3. The van der Waals surface area contributed by atoms with Gasteiger partial charge >= 0.3 is 0 Å². The van der Waals surface area contributed by atoms with Gasteiger partial charge in [-0.05, 0) is 30.3 Å². The standard InChI is InChI=1S/C13H12FNO2/c1-15-7-6-10(8-15)13(16)9-17-12-4-2-11(14)3-5-12/h2-8H,9H2,1H3. The summed E-state index contributed by atoms with van der Waals surface area (Å²) in [7, 11) is 1.84. The van der Waals surface area contributed by atoms with Gasteiger partial charge in [0, 0.05) is 25.0 Å². The van der Waals surface area contributed by atoms with Crippen LogP contribution in [-0.2, 0) is 7.05 Å². The number of rotatable bonds is 4. The maximum absolute atomic E-state index is 12.6. The number of halogens is 1. The lowest BCUT2D eigenvalue weighted by molar-refractivity contribution is 0.0921. The molecular formula is C13H12FNO2. The molecule has 0 amide bonds. The van der Waals surface area contributed by atoms with E-state index in [2.05, 4.69) is 0 Å². The second kappa shape index (κ2) is 4.82. The zero-order valence-corrected chi connectivity index (χ0v) is 9.39. The molecule has 0 saturated carbocycles. The molecule has 17 heavy (non-hydrogen) atoms. The van der Waals surface area contributed by atoms with Crippen LogP contribution in [-0.4, -0.2) is 17.0 Å². The van der Waals surface area contributed by atoms with Crippen LogP contribution in [0.15, 0.2) is 42.7 Å². The SMILES string of the molecule is Cn1ccc(C(=O)COc2ccc(F)cc2)c1. The summed E-state index contributed by atoms with van der Waals surface area (Å²) < 4.78 is 19.7. The fraction of sp³-hybridized carbons (Fsp3) is 0.154. The van der Waals surface area contributed by atoms with E-state index in [0.717, 1.165) is 0 Å². The van der Waals surface area contributed by atoms with E-state index in [-0.39, 0.29) is 18.2 Å². The van der Waals surface area contributed by atoms with Gasteiger partial charge in [-0.1, -0.05) is 0 Å². The predicted molar refractivity (Wildman–Crippen MR) is 61.6 cm³/mol. The highest BCUT2D eigenvalue weighted by molar-refractivity contribution is 5.97. The van der Waals surface area contributed by atoms with Crippen LogP contribution in [0.25, 0.3) is 0 Å². The van der Waals surface area contributed by atoms with Crippen molar-refractivity contribution in [1.82, 2.24) is 4.57 Å². The molecule has 88 valence electrons. The molecule has 0 spiro atoms. The van der Waals surface area contributed by atoms with Gasteiger partial charge in [0.1, 0.15) is 11.6 Å². The van der Waals surface area contributed by atoms with Crippen LogP contribution in [0.2, 0.25) is 0 Å². The fourth-order valence-corrected chi connectivity index (χ4v) is 1.43. The Kier molecular flexibility index (Phi) is 3.23. The first-order valence-electron chi connectivity index (χ1n) is 5.19. The molecule has 1 heterocycles. The van der Waals surface area contributed by atoms with Crippen molar-refractivity contribution in [2.45, 2.75) is 0 Å². The van der Waals surface area contributed by atoms with E-state index < -0.39 is 0 Å². The smallest absolute Gasteiger partial charge is 0.201 e. The Morgan fingerprint density at radius 1 is 1.29 bits per heavy atom. The first-order valence-corrected chi connectivity index (χ1v) is 5.19. The number of benzene rings is 1. The van der Waals surface area contributed by atoms with Crippen LogP contribution in [0.4, 0.5) is 4.39 Å². The number of ether oxygens (including phenoxy) is 1. The van der Waals surface area contributed by atoms with Gasteiger partial charge in [0.25, 0.3) is 0 Å². The second-order valence-corrected chi connectivity index (χ2v) is 3.73. The summed E-state index contributed by atoms with van der Waals surface area (Å²) in [6.07, 6.45) is 3.53. The van der Waals surface area contributed by atoms with Crippen molar-refractivity contribution in [2.24, 2.45) is 7.05 Å². The minimum Gasteiger partial charge on any atom is -0.485 e. The van der Waals surface area contributed by atoms with Gasteiger partial charge in [-0.15, -0.1) is 0 Å². The molecule has 2 rings (SSSR count). The summed E-state index contributed by atoms with van der Waals surface area (Å²) in [5.41, 5.74) is 0.606. The van der Waals surface area contributed by atoms with Crippen LogP contribution in [0.1, 0.15) is 10.4 Å². The lowest BCUT2D eigenvalue weighted by Crippen LogP contribution is -2.10. The zero-order valence-electron chi connectivity index (χ0n) is 9.39. The molecular weight excluding hydrogens is 221 g/mol. The lowest BCUT2D eigenvalue weighted by atomic mass is 10.2. The number of Topliss-reactive ketones (excluding diaryl/α,β-unsaturated/α-hetero) is 1. The Balaban J connectivity index is 1.94. The van der Waals surface area contributed by atoms with Crippen molar-refractivity contribution in [3.63, 3.8) is 0 Å². The Morgan fingerprint density at radius 2 is 2.00 bits per heavy atom. The first-order chi connectivity index (χ1) is 8.15. The van der Waals surface area contributed by atoms with E-state index in [1.54, 1.807) is 23.0 Å². The van der Waals surface area contributed by atoms with E-state index in [1.165, 1.54) is 24.3 Å². The van der Waals surface area contributed by atoms with Crippen LogP contribution < -0.4 is 4.74 Å². The van der Waals surface area contributed by atoms with Gasteiger partial charge < -0.3 is 9.30 Å². The van der Waals surface area contributed by atoms with Crippen molar-refractivity contribution in [1.29, 1.82) is 0 Å². The summed E-state index contributed by atoms with van der Waals surface area (Å²) in [6, 6.07) is 7.31. The van der Waals surface area contributed by atoms with Crippen LogP contribution in [0.3, 0.4) is 0 Å². The largest absolute Gasteiger partial charge is 0.485 e. The molecule has 1 aromatic carbocycles.